The summed E-state index contributed by atoms with van der Waals surface area (Å²) in [5, 5.41) is 0. The van der Waals surface area contributed by atoms with Gasteiger partial charge in [-0.3, -0.25) is 14.5 Å². The summed E-state index contributed by atoms with van der Waals surface area (Å²) in [4.78, 5) is 44.5. The van der Waals surface area contributed by atoms with Crippen LogP contribution in [0, 0.1) is 5.92 Å². The first-order valence-corrected chi connectivity index (χ1v) is 13.2. The summed E-state index contributed by atoms with van der Waals surface area (Å²) < 4.78 is 5.58. The normalized spacial score (nSPS) is 21.8. The molecule has 190 valence electrons. The van der Waals surface area contributed by atoms with Gasteiger partial charge in [-0.2, -0.15) is 0 Å². The quantitative estimate of drug-likeness (QED) is 0.589. The Bertz CT molecular complexity index is 1050. The van der Waals surface area contributed by atoms with Crippen LogP contribution in [0.1, 0.15) is 49.1 Å². The lowest BCUT2D eigenvalue weighted by atomic mass is 10.1. The van der Waals surface area contributed by atoms with Crippen LogP contribution in [0.25, 0.3) is 0 Å². The minimum absolute atomic E-state index is 0.0327. The third-order valence-corrected chi connectivity index (χ3v) is 7.79. The summed E-state index contributed by atoms with van der Waals surface area (Å²) in [6.45, 7) is 2.33. The fourth-order valence-corrected chi connectivity index (χ4v) is 5.55. The first-order chi connectivity index (χ1) is 17.6. The smallest absolute Gasteiger partial charge is 0.410 e. The van der Waals surface area contributed by atoms with Crippen LogP contribution >= 0.6 is 0 Å². The molecule has 7 heteroatoms. The van der Waals surface area contributed by atoms with E-state index in [2.05, 4.69) is 12.1 Å². The van der Waals surface area contributed by atoms with Crippen LogP contribution in [-0.4, -0.2) is 71.4 Å². The number of carbonyl (C=O) groups excluding carboxylic acids is 3. The Labute approximate surface area is 213 Å². The van der Waals surface area contributed by atoms with Gasteiger partial charge in [0.15, 0.2) is 0 Å². The third-order valence-electron chi connectivity index (χ3n) is 7.79. The minimum Gasteiger partial charge on any atom is -0.445 e. The van der Waals surface area contributed by atoms with Crippen molar-refractivity contribution in [3.8, 4) is 0 Å². The number of nitrogens with zero attached hydrogens (tertiary/aromatic N) is 3. The van der Waals surface area contributed by atoms with Gasteiger partial charge in [0.05, 0.1) is 0 Å². The molecule has 0 bridgehead atoms. The molecule has 1 saturated heterocycles. The molecule has 36 heavy (non-hydrogen) atoms. The summed E-state index contributed by atoms with van der Waals surface area (Å²) in [6, 6.07) is 19.9. The molecule has 2 aromatic carbocycles. The van der Waals surface area contributed by atoms with Gasteiger partial charge in [0.25, 0.3) is 0 Å². The Morgan fingerprint density at radius 3 is 2.11 bits per heavy atom. The van der Waals surface area contributed by atoms with Crippen molar-refractivity contribution in [2.24, 2.45) is 5.92 Å². The van der Waals surface area contributed by atoms with Crippen LogP contribution in [0.2, 0.25) is 0 Å². The van der Waals surface area contributed by atoms with Gasteiger partial charge in [-0.25, -0.2) is 4.79 Å². The number of hydrogen-bond donors (Lipinski definition) is 0. The van der Waals surface area contributed by atoms with Crippen molar-refractivity contribution in [3.63, 3.8) is 0 Å². The van der Waals surface area contributed by atoms with Crippen molar-refractivity contribution in [1.82, 2.24) is 14.7 Å². The van der Waals surface area contributed by atoms with E-state index in [1.165, 1.54) is 5.56 Å². The molecule has 2 atom stereocenters. The van der Waals surface area contributed by atoms with Crippen LogP contribution in [-0.2, 0) is 20.9 Å². The van der Waals surface area contributed by atoms with Crippen molar-refractivity contribution in [3.05, 3.63) is 71.8 Å². The Morgan fingerprint density at radius 1 is 0.833 bits per heavy atom. The molecule has 2 aliphatic carbocycles. The van der Waals surface area contributed by atoms with Gasteiger partial charge < -0.3 is 14.5 Å². The lowest BCUT2D eigenvalue weighted by Crippen LogP contribution is -2.54. The van der Waals surface area contributed by atoms with E-state index in [1.807, 2.05) is 53.4 Å². The highest BCUT2D eigenvalue weighted by molar-refractivity contribution is 5.85. The van der Waals surface area contributed by atoms with Gasteiger partial charge in [0.1, 0.15) is 13.2 Å². The van der Waals surface area contributed by atoms with Gasteiger partial charge >= 0.3 is 6.09 Å². The fourth-order valence-electron chi connectivity index (χ4n) is 5.55. The van der Waals surface area contributed by atoms with E-state index in [1.54, 1.807) is 9.80 Å². The molecular formula is C29H35N3O4. The Kier molecular flexibility index (Phi) is 7.54. The molecule has 0 aromatic heterocycles. The average Bonchev–Trinajstić information content (AvgIpc) is 3.55. The van der Waals surface area contributed by atoms with Gasteiger partial charge in [-0.05, 0) is 36.3 Å². The third kappa shape index (κ3) is 5.72. The predicted molar refractivity (Wildman–Crippen MR) is 136 cm³/mol. The topological polar surface area (TPSA) is 70.2 Å². The van der Waals surface area contributed by atoms with Crippen LogP contribution in [0.4, 0.5) is 4.79 Å². The molecule has 0 spiro atoms. The molecular weight excluding hydrogens is 454 g/mol. The molecule has 5 rings (SSSR count). The first-order valence-electron chi connectivity index (χ1n) is 13.2. The van der Waals surface area contributed by atoms with E-state index in [9.17, 15) is 14.4 Å². The Morgan fingerprint density at radius 2 is 1.44 bits per heavy atom. The standard InChI is InChI=1S/C29H35N3O4/c33-27(20-32(24-13-7-8-14-24)29(35)36-21-22-9-3-1-4-10-22)30-15-17-31(18-16-30)28(34)26-19-25(26)23-11-5-2-6-12-23/h1-6,9-12,24-26H,7-8,13-21H2/t25?,26-/m1/s1. The molecule has 1 aliphatic heterocycles. The van der Waals surface area contributed by atoms with Crippen molar-refractivity contribution in [1.29, 1.82) is 0 Å². The average molecular weight is 490 g/mol. The van der Waals surface area contributed by atoms with Crippen LogP contribution < -0.4 is 0 Å². The van der Waals surface area contributed by atoms with E-state index in [0.717, 1.165) is 37.7 Å². The summed E-state index contributed by atoms with van der Waals surface area (Å²) >= 11 is 0. The highest BCUT2D eigenvalue weighted by Crippen LogP contribution is 2.48. The molecule has 1 unspecified atom stereocenters. The van der Waals surface area contributed by atoms with Gasteiger partial charge in [0, 0.05) is 38.1 Å². The van der Waals surface area contributed by atoms with Crippen molar-refractivity contribution in [2.75, 3.05) is 32.7 Å². The van der Waals surface area contributed by atoms with Crippen LogP contribution in [0.15, 0.2) is 60.7 Å². The van der Waals surface area contributed by atoms with Gasteiger partial charge in [-0.15, -0.1) is 0 Å². The summed E-state index contributed by atoms with van der Waals surface area (Å²) in [7, 11) is 0. The molecule has 3 amide bonds. The van der Waals surface area contributed by atoms with Crippen molar-refractivity contribution >= 4 is 17.9 Å². The molecule has 1 heterocycles. The second kappa shape index (κ2) is 11.1. The molecule has 0 N–H and O–H groups in total. The number of amides is 3. The fraction of sp³-hybridized carbons (Fsp3) is 0.483. The summed E-state index contributed by atoms with van der Waals surface area (Å²) in [5.41, 5.74) is 2.16. The number of benzene rings is 2. The number of hydrogen-bond acceptors (Lipinski definition) is 4. The highest BCUT2D eigenvalue weighted by Gasteiger charge is 2.46. The van der Waals surface area contributed by atoms with Crippen molar-refractivity contribution < 1.29 is 19.1 Å². The first kappa shape index (κ1) is 24.3. The summed E-state index contributed by atoms with van der Waals surface area (Å²) in [6.07, 6.45) is 4.41. The maximum atomic E-state index is 13.2. The monoisotopic (exact) mass is 489 g/mol. The van der Waals surface area contributed by atoms with Gasteiger partial charge in [-0.1, -0.05) is 73.5 Å². The van der Waals surface area contributed by atoms with Crippen LogP contribution in [0.3, 0.4) is 0 Å². The molecule has 7 nitrogen and oxygen atoms in total. The predicted octanol–water partition coefficient (Wildman–Crippen LogP) is 4.04. The number of rotatable bonds is 7. The number of carbonyl (C=O) groups is 3. The molecule has 3 aliphatic rings. The highest BCUT2D eigenvalue weighted by atomic mass is 16.6. The molecule has 3 fully saturated rings. The minimum atomic E-state index is -0.423. The van der Waals surface area contributed by atoms with E-state index in [0.29, 0.717) is 32.1 Å². The van der Waals surface area contributed by atoms with E-state index >= 15 is 0 Å². The van der Waals surface area contributed by atoms with E-state index in [4.69, 9.17) is 4.74 Å². The lowest BCUT2D eigenvalue weighted by Gasteiger charge is -2.36. The van der Waals surface area contributed by atoms with E-state index < -0.39 is 6.09 Å². The largest absolute Gasteiger partial charge is 0.445 e. The maximum Gasteiger partial charge on any atom is 0.410 e. The lowest BCUT2D eigenvalue weighted by molar-refractivity contribution is -0.141. The van der Waals surface area contributed by atoms with Crippen LogP contribution in [0.5, 0.6) is 0 Å². The number of ether oxygens (including phenoxy) is 1. The Balaban J connectivity index is 1.12. The molecule has 2 aromatic rings. The molecule has 0 radical (unpaired) electrons. The Hall–Kier alpha value is -3.35. The summed E-state index contributed by atoms with van der Waals surface area (Å²) in [5.74, 6) is 0.513. The van der Waals surface area contributed by atoms with Crippen molar-refractivity contribution in [2.45, 2.75) is 50.7 Å². The maximum absolute atomic E-state index is 13.2. The second-order valence-electron chi connectivity index (χ2n) is 10.2. The van der Waals surface area contributed by atoms with E-state index in [-0.39, 0.29) is 36.9 Å². The second-order valence-corrected chi connectivity index (χ2v) is 10.2. The van der Waals surface area contributed by atoms with Gasteiger partial charge in [0.2, 0.25) is 11.8 Å². The number of piperazine rings is 1. The zero-order valence-corrected chi connectivity index (χ0v) is 20.8. The zero-order chi connectivity index (χ0) is 24.9. The zero-order valence-electron chi connectivity index (χ0n) is 20.8. The SMILES string of the molecule is O=C(CN(C(=O)OCc1ccccc1)C1CCCC1)N1CCN(C(=O)[C@@H]2CC2c2ccccc2)CC1. The molecule has 2 saturated carbocycles.